The maximum Gasteiger partial charge on any atom is 0.319 e. The molecule has 0 bridgehead atoms. The molecule has 0 aromatic rings. The molecule has 2 aliphatic rings. The number of amides is 3. The van der Waals surface area contributed by atoms with Gasteiger partial charge in [-0.05, 0) is 12.8 Å². The van der Waals surface area contributed by atoms with E-state index in [4.69, 9.17) is 4.74 Å². The van der Waals surface area contributed by atoms with Crippen LogP contribution in [0.3, 0.4) is 0 Å². The molecule has 2 fully saturated rings. The minimum atomic E-state index is -0.941. The fourth-order valence-electron chi connectivity index (χ4n) is 2.78. The Morgan fingerprint density at radius 2 is 2.24 bits per heavy atom. The first kappa shape index (κ1) is 16.0. The van der Waals surface area contributed by atoms with Crippen LogP contribution in [-0.2, 0) is 9.53 Å². The summed E-state index contributed by atoms with van der Waals surface area (Å²) in [5.74, 6) is -0.292. The second-order valence-corrected chi connectivity index (χ2v) is 6.21. The summed E-state index contributed by atoms with van der Waals surface area (Å²) in [7, 11) is 3.42. The molecular formula is C14H25N3O4. The maximum absolute atomic E-state index is 12.2. The minimum absolute atomic E-state index is 0.0599. The molecule has 0 spiro atoms. The van der Waals surface area contributed by atoms with Crippen LogP contribution >= 0.6 is 0 Å². The third kappa shape index (κ3) is 4.07. The van der Waals surface area contributed by atoms with Gasteiger partial charge in [0.25, 0.3) is 0 Å². The number of carbonyl (C=O) groups is 2. The summed E-state index contributed by atoms with van der Waals surface area (Å²) in [6, 6.07) is -0.0599. The van der Waals surface area contributed by atoms with Crippen molar-refractivity contribution in [2.45, 2.75) is 24.9 Å². The van der Waals surface area contributed by atoms with Gasteiger partial charge < -0.3 is 25.0 Å². The Kier molecular flexibility index (Phi) is 5.05. The molecule has 2 rings (SSSR count). The molecule has 120 valence electrons. The second kappa shape index (κ2) is 6.62. The number of ether oxygens (including phenoxy) is 1. The second-order valence-electron chi connectivity index (χ2n) is 6.21. The highest BCUT2D eigenvalue weighted by Gasteiger charge is 2.34. The van der Waals surface area contributed by atoms with Crippen molar-refractivity contribution in [3.8, 4) is 0 Å². The van der Waals surface area contributed by atoms with Gasteiger partial charge in [-0.2, -0.15) is 0 Å². The molecule has 2 unspecified atom stereocenters. The van der Waals surface area contributed by atoms with E-state index in [-0.39, 0.29) is 31.0 Å². The highest BCUT2D eigenvalue weighted by atomic mass is 16.5. The summed E-state index contributed by atoms with van der Waals surface area (Å²) in [6.07, 6.45) is 2.15. The molecule has 2 saturated heterocycles. The molecule has 0 saturated carbocycles. The summed E-state index contributed by atoms with van der Waals surface area (Å²) in [5.41, 5.74) is -0.941. The van der Waals surface area contributed by atoms with Crippen molar-refractivity contribution in [3.63, 3.8) is 0 Å². The van der Waals surface area contributed by atoms with Crippen LogP contribution in [0.4, 0.5) is 4.79 Å². The molecule has 2 aliphatic heterocycles. The molecule has 3 amide bonds. The van der Waals surface area contributed by atoms with Crippen molar-refractivity contribution in [2.24, 2.45) is 5.92 Å². The highest BCUT2D eigenvalue weighted by Crippen LogP contribution is 2.20. The Hall–Kier alpha value is -1.34. The molecule has 2 N–H and O–H groups in total. The Morgan fingerprint density at radius 3 is 2.86 bits per heavy atom. The van der Waals surface area contributed by atoms with Gasteiger partial charge in [0.05, 0.1) is 12.5 Å². The standard InChI is InChI=1S/C14H25N3O4/c1-16(2)13(19)17-6-3-4-11(8-17)12(18)15-9-14(20)5-7-21-10-14/h11,20H,3-10H2,1-2H3,(H,15,18). The number of nitrogens with one attached hydrogen (secondary N) is 1. The summed E-state index contributed by atoms with van der Waals surface area (Å²) in [6.45, 7) is 2.14. The number of carbonyl (C=O) groups excluding carboxylic acids is 2. The van der Waals surface area contributed by atoms with Crippen molar-refractivity contribution in [1.82, 2.24) is 15.1 Å². The lowest BCUT2D eigenvalue weighted by molar-refractivity contribution is -0.127. The summed E-state index contributed by atoms with van der Waals surface area (Å²) in [5, 5.41) is 12.9. The molecule has 0 aliphatic carbocycles. The van der Waals surface area contributed by atoms with E-state index in [9.17, 15) is 14.7 Å². The molecule has 0 aromatic heterocycles. The Bertz CT molecular complexity index is 394. The molecule has 21 heavy (non-hydrogen) atoms. The number of likely N-dealkylation sites (tertiary alicyclic amines) is 1. The zero-order valence-corrected chi connectivity index (χ0v) is 12.8. The zero-order chi connectivity index (χ0) is 15.5. The average molecular weight is 299 g/mol. The predicted octanol–water partition coefficient (Wildman–Crippen LogP) is -0.352. The summed E-state index contributed by atoms with van der Waals surface area (Å²) in [4.78, 5) is 27.4. The van der Waals surface area contributed by atoms with Crippen molar-refractivity contribution < 1.29 is 19.4 Å². The van der Waals surface area contributed by atoms with Crippen LogP contribution in [0.15, 0.2) is 0 Å². The van der Waals surface area contributed by atoms with Gasteiger partial charge in [-0.25, -0.2) is 4.79 Å². The van der Waals surface area contributed by atoms with E-state index in [0.29, 0.717) is 26.1 Å². The van der Waals surface area contributed by atoms with E-state index in [1.54, 1.807) is 19.0 Å². The van der Waals surface area contributed by atoms with Gasteiger partial charge in [-0.15, -0.1) is 0 Å². The SMILES string of the molecule is CN(C)C(=O)N1CCCC(C(=O)NCC2(O)CCOC2)C1. The Labute approximate surface area is 125 Å². The van der Waals surface area contributed by atoms with Crippen molar-refractivity contribution in [1.29, 1.82) is 0 Å². The van der Waals surface area contributed by atoms with Crippen molar-refractivity contribution in [3.05, 3.63) is 0 Å². The fourth-order valence-corrected chi connectivity index (χ4v) is 2.78. The van der Waals surface area contributed by atoms with Crippen LogP contribution in [0.2, 0.25) is 0 Å². The molecule has 2 heterocycles. The summed E-state index contributed by atoms with van der Waals surface area (Å²) >= 11 is 0. The van der Waals surface area contributed by atoms with E-state index in [2.05, 4.69) is 5.32 Å². The lowest BCUT2D eigenvalue weighted by Crippen LogP contribution is -2.50. The number of hydrogen-bond acceptors (Lipinski definition) is 4. The molecule has 0 radical (unpaired) electrons. The van der Waals surface area contributed by atoms with Crippen LogP contribution in [0.25, 0.3) is 0 Å². The average Bonchev–Trinajstić information content (AvgIpc) is 2.91. The Morgan fingerprint density at radius 1 is 1.48 bits per heavy atom. The molecular weight excluding hydrogens is 274 g/mol. The van der Waals surface area contributed by atoms with E-state index in [0.717, 1.165) is 12.8 Å². The van der Waals surface area contributed by atoms with Gasteiger partial charge in [-0.3, -0.25) is 4.79 Å². The third-order valence-electron chi connectivity index (χ3n) is 4.12. The maximum atomic E-state index is 12.2. The fraction of sp³-hybridized carbons (Fsp3) is 0.857. The van der Waals surface area contributed by atoms with Gasteiger partial charge in [0.15, 0.2) is 0 Å². The van der Waals surface area contributed by atoms with Crippen molar-refractivity contribution in [2.75, 3.05) is 46.9 Å². The van der Waals surface area contributed by atoms with Crippen LogP contribution in [0.1, 0.15) is 19.3 Å². The van der Waals surface area contributed by atoms with Gasteiger partial charge in [0.1, 0.15) is 5.60 Å². The molecule has 2 atom stereocenters. The van der Waals surface area contributed by atoms with E-state index >= 15 is 0 Å². The monoisotopic (exact) mass is 299 g/mol. The van der Waals surface area contributed by atoms with Crippen molar-refractivity contribution >= 4 is 11.9 Å². The van der Waals surface area contributed by atoms with Crippen LogP contribution in [-0.4, -0.2) is 79.4 Å². The lowest BCUT2D eigenvalue weighted by Gasteiger charge is -2.34. The number of aliphatic hydroxyl groups is 1. The Balaban J connectivity index is 1.83. The molecule has 0 aromatic carbocycles. The van der Waals surface area contributed by atoms with Gasteiger partial charge in [0.2, 0.25) is 5.91 Å². The number of hydrogen-bond donors (Lipinski definition) is 2. The van der Waals surface area contributed by atoms with E-state index in [1.165, 1.54) is 4.90 Å². The van der Waals surface area contributed by atoms with Crippen LogP contribution < -0.4 is 5.32 Å². The first-order valence-electron chi connectivity index (χ1n) is 7.45. The largest absolute Gasteiger partial charge is 0.386 e. The van der Waals surface area contributed by atoms with Gasteiger partial charge in [-0.1, -0.05) is 0 Å². The quantitative estimate of drug-likeness (QED) is 0.746. The zero-order valence-electron chi connectivity index (χ0n) is 12.8. The third-order valence-corrected chi connectivity index (χ3v) is 4.12. The number of urea groups is 1. The first-order chi connectivity index (χ1) is 9.91. The predicted molar refractivity (Wildman–Crippen MR) is 76.8 cm³/mol. The molecule has 7 nitrogen and oxygen atoms in total. The lowest BCUT2D eigenvalue weighted by atomic mass is 9.96. The van der Waals surface area contributed by atoms with E-state index < -0.39 is 5.60 Å². The topological polar surface area (TPSA) is 82.1 Å². The van der Waals surface area contributed by atoms with E-state index in [1.807, 2.05) is 0 Å². The number of nitrogens with zero attached hydrogens (tertiary/aromatic N) is 2. The van der Waals surface area contributed by atoms with Gasteiger partial charge in [0, 0.05) is 46.8 Å². The highest BCUT2D eigenvalue weighted by molar-refractivity contribution is 5.80. The number of piperidine rings is 1. The molecule has 7 heteroatoms. The van der Waals surface area contributed by atoms with Crippen LogP contribution in [0, 0.1) is 5.92 Å². The number of rotatable bonds is 3. The van der Waals surface area contributed by atoms with Crippen LogP contribution in [0.5, 0.6) is 0 Å². The smallest absolute Gasteiger partial charge is 0.319 e. The van der Waals surface area contributed by atoms with Gasteiger partial charge >= 0.3 is 6.03 Å². The summed E-state index contributed by atoms with van der Waals surface area (Å²) < 4.78 is 5.15. The first-order valence-corrected chi connectivity index (χ1v) is 7.45. The minimum Gasteiger partial charge on any atom is -0.386 e. The normalized spacial score (nSPS) is 29.3.